The maximum absolute atomic E-state index is 12.6. The topological polar surface area (TPSA) is 92.3 Å². The SMILES string of the molecule is O=C1CCC(Nc2ccccc2S(=O)(=O)C(F)F)C(=O)N1. The van der Waals surface area contributed by atoms with E-state index in [2.05, 4.69) is 10.6 Å². The van der Waals surface area contributed by atoms with Crippen molar-refractivity contribution in [3.05, 3.63) is 24.3 Å². The molecule has 1 aromatic rings. The number of para-hydroxylation sites is 1. The number of hydrogen-bond acceptors (Lipinski definition) is 5. The summed E-state index contributed by atoms with van der Waals surface area (Å²) in [6.07, 6.45) is 0.251. The summed E-state index contributed by atoms with van der Waals surface area (Å²) in [7, 11) is -4.78. The molecule has 1 aliphatic rings. The van der Waals surface area contributed by atoms with Crippen LogP contribution in [-0.4, -0.2) is 32.0 Å². The Balaban J connectivity index is 2.30. The van der Waals surface area contributed by atoms with Crippen LogP contribution in [0.3, 0.4) is 0 Å². The second kappa shape index (κ2) is 5.76. The van der Waals surface area contributed by atoms with Crippen molar-refractivity contribution in [1.82, 2.24) is 5.32 Å². The molecule has 1 heterocycles. The molecule has 6 nitrogen and oxygen atoms in total. The van der Waals surface area contributed by atoms with Gasteiger partial charge in [0.05, 0.1) is 10.6 Å². The van der Waals surface area contributed by atoms with E-state index in [0.717, 1.165) is 6.07 Å². The molecule has 1 saturated heterocycles. The van der Waals surface area contributed by atoms with Crippen molar-refractivity contribution < 1.29 is 26.8 Å². The molecule has 2 amide bonds. The van der Waals surface area contributed by atoms with Gasteiger partial charge in [0.2, 0.25) is 21.7 Å². The number of carbonyl (C=O) groups excluding carboxylic acids is 2. The van der Waals surface area contributed by atoms with Gasteiger partial charge in [-0.25, -0.2) is 8.42 Å². The molecule has 2 rings (SSSR count). The maximum Gasteiger partial charge on any atom is 0.341 e. The Labute approximate surface area is 119 Å². The molecule has 9 heteroatoms. The Bertz CT molecular complexity index is 676. The van der Waals surface area contributed by atoms with Crippen molar-refractivity contribution in [2.24, 2.45) is 0 Å². The van der Waals surface area contributed by atoms with Gasteiger partial charge in [-0.1, -0.05) is 12.1 Å². The number of halogens is 2. The smallest absolute Gasteiger partial charge is 0.341 e. The zero-order valence-corrected chi connectivity index (χ0v) is 11.5. The number of nitrogens with one attached hydrogen (secondary N) is 2. The fraction of sp³-hybridized carbons (Fsp3) is 0.333. The Hall–Kier alpha value is -2.03. The van der Waals surface area contributed by atoms with Crippen molar-refractivity contribution in [2.75, 3.05) is 5.32 Å². The van der Waals surface area contributed by atoms with Crippen molar-refractivity contribution >= 4 is 27.3 Å². The third-order valence-electron chi connectivity index (χ3n) is 3.00. The normalized spacial score (nSPS) is 19.5. The number of alkyl halides is 2. The van der Waals surface area contributed by atoms with Gasteiger partial charge in [-0.15, -0.1) is 0 Å². The molecule has 1 atom stereocenters. The van der Waals surface area contributed by atoms with E-state index >= 15 is 0 Å². The van der Waals surface area contributed by atoms with Gasteiger partial charge in [0, 0.05) is 6.42 Å². The van der Waals surface area contributed by atoms with Crippen molar-refractivity contribution in [2.45, 2.75) is 29.5 Å². The molecule has 21 heavy (non-hydrogen) atoms. The number of hydrogen-bond donors (Lipinski definition) is 2. The molecule has 2 N–H and O–H groups in total. The largest absolute Gasteiger partial charge is 0.373 e. The minimum atomic E-state index is -4.78. The average molecular weight is 318 g/mol. The third kappa shape index (κ3) is 3.18. The van der Waals surface area contributed by atoms with Crippen LogP contribution in [0, 0.1) is 0 Å². The lowest BCUT2D eigenvalue weighted by Crippen LogP contribution is -2.47. The zero-order chi connectivity index (χ0) is 15.6. The first-order chi connectivity index (χ1) is 9.82. The number of carbonyl (C=O) groups is 2. The monoisotopic (exact) mass is 318 g/mol. The van der Waals surface area contributed by atoms with Gasteiger partial charge in [-0.05, 0) is 18.6 Å². The molecular formula is C12H12F2N2O4S. The van der Waals surface area contributed by atoms with Crippen LogP contribution in [-0.2, 0) is 19.4 Å². The van der Waals surface area contributed by atoms with E-state index in [-0.39, 0.29) is 18.5 Å². The van der Waals surface area contributed by atoms with E-state index in [1.54, 1.807) is 0 Å². The standard InChI is InChI=1S/C12H12F2N2O4S/c13-12(14)21(19,20)9-4-2-1-3-7(9)15-8-5-6-10(17)16-11(8)18/h1-4,8,12,15H,5-6H2,(H,16,17,18). The van der Waals surface area contributed by atoms with E-state index < -0.39 is 38.3 Å². The molecule has 0 saturated carbocycles. The Morgan fingerprint density at radius 2 is 1.90 bits per heavy atom. The zero-order valence-electron chi connectivity index (χ0n) is 10.7. The van der Waals surface area contributed by atoms with Crippen LogP contribution in [0.15, 0.2) is 29.2 Å². The van der Waals surface area contributed by atoms with Gasteiger partial charge in [-0.3, -0.25) is 14.9 Å². The Morgan fingerprint density at radius 3 is 2.52 bits per heavy atom. The molecule has 0 bridgehead atoms. The summed E-state index contributed by atoms with van der Waals surface area (Å²) in [5.41, 5.74) is -0.0905. The second-order valence-electron chi connectivity index (χ2n) is 4.45. The van der Waals surface area contributed by atoms with Crippen molar-refractivity contribution in [1.29, 1.82) is 0 Å². The molecule has 0 spiro atoms. The van der Waals surface area contributed by atoms with Gasteiger partial charge in [0.25, 0.3) is 0 Å². The van der Waals surface area contributed by atoms with Crippen molar-refractivity contribution in [3.63, 3.8) is 0 Å². The summed E-state index contributed by atoms with van der Waals surface area (Å²) in [5, 5.41) is 4.70. The number of imide groups is 1. The third-order valence-corrected chi connectivity index (χ3v) is 4.44. The Kier molecular flexibility index (Phi) is 4.21. The van der Waals surface area contributed by atoms with Crippen LogP contribution in [0.25, 0.3) is 0 Å². The summed E-state index contributed by atoms with van der Waals surface area (Å²) >= 11 is 0. The van der Waals surface area contributed by atoms with Crippen LogP contribution in [0.4, 0.5) is 14.5 Å². The van der Waals surface area contributed by atoms with E-state index in [1.807, 2.05) is 0 Å². The lowest BCUT2D eigenvalue weighted by atomic mass is 10.1. The minimum absolute atomic E-state index is 0.0904. The first-order valence-corrected chi connectivity index (χ1v) is 7.58. The van der Waals surface area contributed by atoms with E-state index in [0.29, 0.717) is 0 Å². The number of anilines is 1. The molecule has 1 fully saturated rings. The number of benzene rings is 1. The maximum atomic E-state index is 12.6. The molecular weight excluding hydrogens is 306 g/mol. The van der Waals surface area contributed by atoms with E-state index in [9.17, 15) is 26.8 Å². The van der Waals surface area contributed by atoms with Crippen molar-refractivity contribution in [3.8, 4) is 0 Å². The van der Waals surface area contributed by atoms with E-state index in [4.69, 9.17) is 0 Å². The van der Waals surface area contributed by atoms with Crippen LogP contribution < -0.4 is 10.6 Å². The molecule has 114 valence electrons. The first-order valence-electron chi connectivity index (χ1n) is 6.03. The highest BCUT2D eigenvalue weighted by Crippen LogP contribution is 2.27. The number of amides is 2. The van der Waals surface area contributed by atoms with Gasteiger partial charge < -0.3 is 5.32 Å². The summed E-state index contributed by atoms with van der Waals surface area (Å²) in [6.45, 7) is 0. The minimum Gasteiger partial charge on any atom is -0.373 e. The quantitative estimate of drug-likeness (QED) is 0.805. The van der Waals surface area contributed by atoms with Gasteiger partial charge in [0.15, 0.2) is 0 Å². The molecule has 0 aromatic heterocycles. The fourth-order valence-electron chi connectivity index (χ4n) is 1.95. The Morgan fingerprint density at radius 1 is 1.24 bits per heavy atom. The van der Waals surface area contributed by atoms with E-state index in [1.165, 1.54) is 18.2 Å². The summed E-state index contributed by atoms with van der Waals surface area (Å²) in [6, 6.07) is 4.25. The summed E-state index contributed by atoms with van der Waals surface area (Å²) in [5.74, 6) is -4.59. The molecule has 0 radical (unpaired) electrons. The highest BCUT2D eigenvalue weighted by atomic mass is 32.2. The molecule has 1 unspecified atom stereocenters. The summed E-state index contributed by atoms with van der Waals surface area (Å²) in [4.78, 5) is 22.1. The molecule has 1 aliphatic heterocycles. The fourth-order valence-corrected chi connectivity index (χ4v) is 2.84. The highest BCUT2D eigenvalue weighted by Gasteiger charge is 2.32. The van der Waals surface area contributed by atoms with Crippen LogP contribution >= 0.6 is 0 Å². The van der Waals surface area contributed by atoms with Gasteiger partial charge >= 0.3 is 5.76 Å². The highest BCUT2D eigenvalue weighted by molar-refractivity contribution is 7.91. The molecule has 1 aromatic carbocycles. The predicted octanol–water partition coefficient (Wildman–Crippen LogP) is 0.900. The average Bonchev–Trinajstić information content (AvgIpc) is 2.42. The van der Waals surface area contributed by atoms with Crippen LogP contribution in [0.1, 0.15) is 12.8 Å². The van der Waals surface area contributed by atoms with Gasteiger partial charge in [-0.2, -0.15) is 8.78 Å². The summed E-state index contributed by atoms with van der Waals surface area (Å²) < 4.78 is 48.5. The number of rotatable bonds is 4. The lowest BCUT2D eigenvalue weighted by Gasteiger charge is -2.23. The van der Waals surface area contributed by atoms with Crippen LogP contribution in [0.5, 0.6) is 0 Å². The first kappa shape index (κ1) is 15.4. The molecule has 0 aliphatic carbocycles. The number of sulfone groups is 1. The second-order valence-corrected chi connectivity index (χ2v) is 6.34. The van der Waals surface area contributed by atoms with Crippen LogP contribution in [0.2, 0.25) is 0 Å². The number of piperidine rings is 1. The van der Waals surface area contributed by atoms with Gasteiger partial charge in [0.1, 0.15) is 6.04 Å². The lowest BCUT2D eigenvalue weighted by molar-refractivity contribution is -0.133. The predicted molar refractivity (Wildman–Crippen MR) is 69.4 cm³/mol.